The van der Waals surface area contributed by atoms with Crippen molar-refractivity contribution in [2.75, 3.05) is 0 Å². The second-order valence-electron chi connectivity index (χ2n) is 4.09. The van der Waals surface area contributed by atoms with E-state index < -0.39 is 27.1 Å². The van der Waals surface area contributed by atoms with Crippen molar-refractivity contribution in [3.05, 3.63) is 67.1 Å². The van der Waals surface area contributed by atoms with Crippen molar-refractivity contribution in [1.82, 2.24) is 5.43 Å². The number of hydrogen-bond donors (Lipinski definition) is 1. The van der Waals surface area contributed by atoms with Crippen LogP contribution in [0.2, 0.25) is 5.22 Å². The Morgan fingerprint density at radius 3 is 2.26 bits per heavy atom. The summed E-state index contributed by atoms with van der Waals surface area (Å²) >= 11 is 5.55. The van der Waals surface area contributed by atoms with Crippen LogP contribution in [0.15, 0.2) is 39.9 Å². The first-order chi connectivity index (χ1) is 10.9. The highest BCUT2D eigenvalue weighted by atomic mass is 35.5. The van der Waals surface area contributed by atoms with Gasteiger partial charge in [-0.15, -0.1) is 0 Å². The van der Waals surface area contributed by atoms with Crippen molar-refractivity contribution in [2.24, 2.45) is 5.10 Å². The van der Waals surface area contributed by atoms with Crippen LogP contribution >= 0.6 is 11.6 Å². The van der Waals surface area contributed by atoms with Crippen molar-refractivity contribution in [3.63, 3.8) is 0 Å². The van der Waals surface area contributed by atoms with Gasteiger partial charge in [-0.05, 0) is 23.7 Å². The zero-order valence-corrected chi connectivity index (χ0v) is 11.9. The van der Waals surface area contributed by atoms with Crippen molar-refractivity contribution in [2.45, 2.75) is 0 Å². The van der Waals surface area contributed by atoms with E-state index >= 15 is 0 Å². The molecular formula is C12H7ClN4O6. The number of nitro benzene ring substituents is 2. The molecule has 1 N–H and O–H groups in total. The largest absolute Gasteiger partial charge is 0.444 e. The predicted octanol–water partition coefficient (Wildman–Crippen LogP) is 2.51. The monoisotopic (exact) mass is 338 g/mol. The minimum Gasteiger partial charge on any atom is -0.444 e. The van der Waals surface area contributed by atoms with Crippen LogP contribution in [-0.2, 0) is 0 Å². The summed E-state index contributed by atoms with van der Waals surface area (Å²) in [7, 11) is 0. The smallest absolute Gasteiger partial charge is 0.277 e. The molecular weight excluding hydrogens is 332 g/mol. The van der Waals surface area contributed by atoms with Gasteiger partial charge in [0.2, 0.25) is 0 Å². The number of rotatable bonds is 5. The number of benzene rings is 1. The minimum atomic E-state index is -0.856. The Morgan fingerprint density at radius 2 is 1.78 bits per heavy atom. The van der Waals surface area contributed by atoms with Crippen LogP contribution in [0.25, 0.3) is 0 Å². The highest BCUT2D eigenvalue weighted by molar-refractivity contribution is 6.28. The lowest BCUT2D eigenvalue weighted by molar-refractivity contribution is -0.394. The highest BCUT2D eigenvalue weighted by Gasteiger charge is 2.19. The number of nitrogens with one attached hydrogen (secondary N) is 1. The Kier molecular flexibility index (Phi) is 4.66. The quantitative estimate of drug-likeness (QED) is 0.504. The summed E-state index contributed by atoms with van der Waals surface area (Å²) in [5.74, 6) is -0.592. The van der Waals surface area contributed by atoms with Gasteiger partial charge in [-0.2, -0.15) is 5.10 Å². The number of halogens is 1. The molecule has 0 spiro atoms. The third-order valence-corrected chi connectivity index (χ3v) is 2.74. The van der Waals surface area contributed by atoms with Crippen LogP contribution in [0.4, 0.5) is 11.4 Å². The molecule has 0 aliphatic rings. The number of nitrogens with zero attached hydrogens (tertiary/aromatic N) is 3. The average molecular weight is 339 g/mol. The normalized spacial score (nSPS) is 10.7. The van der Waals surface area contributed by atoms with E-state index in [1.54, 1.807) is 0 Å². The molecule has 0 radical (unpaired) electrons. The zero-order valence-electron chi connectivity index (χ0n) is 11.1. The third kappa shape index (κ3) is 4.11. The Labute approximate surface area is 132 Å². The average Bonchev–Trinajstić information content (AvgIpc) is 2.92. The molecule has 0 atom stereocenters. The van der Waals surface area contributed by atoms with E-state index in [2.05, 4.69) is 10.5 Å². The molecule has 0 bridgehead atoms. The van der Waals surface area contributed by atoms with E-state index in [1.165, 1.54) is 12.1 Å². The number of hydrazone groups is 1. The molecule has 0 aliphatic carbocycles. The minimum absolute atomic E-state index is 0.132. The summed E-state index contributed by atoms with van der Waals surface area (Å²) in [6.07, 6.45) is 1.15. The number of nitro groups is 2. The fourth-order valence-electron chi connectivity index (χ4n) is 1.55. The lowest BCUT2D eigenvalue weighted by Gasteiger charge is -2.00. The van der Waals surface area contributed by atoms with Gasteiger partial charge in [-0.1, -0.05) is 0 Å². The number of carbonyl (C=O) groups excluding carboxylic acids is 1. The number of amides is 1. The van der Waals surface area contributed by atoms with E-state index in [-0.39, 0.29) is 16.5 Å². The van der Waals surface area contributed by atoms with E-state index in [1.807, 2.05) is 0 Å². The Bertz CT molecular complexity index is 783. The molecule has 10 nitrogen and oxygen atoms in total. The first kappa shape index (κ1) is 16.1. The third-order valence-electron chi connectivity index (χ3n) is 2.54. The van der Waals surface area contributed by atoms with Gasteiger partial charge in [-0.25, -0.2) is 5.43 Å². The van der Waals surface area contributed by atoms with Crippen LogP contribution in [0, 0.1) is 20.2 Å². The van der Waals surface area contributed by atoms with Gasteiger partial charge in [0.25, 0.3) is 17.3 Å². The fraction of sp³-hybridized carbons (Fsp3) is 0. The maximum absolute atomic E-state index is 11.9. The summed E-state index contributed by atoms with van der Waals surface area (Å²) in [4.78, 5) is 31.7. The molecule has 118 valence electrons. The predicted molar refractivity (Wildman–Crippen MR) is 78.5 cm³/mol. The van der Waals surface area contributed by atoms with Gasteiger partial charge in [-0.3, -0.25) is 25.0 Å². The Hall–Kier alpha value is -3.27. The zero-order chi connectivity index (χ0) is 17.0. The first-order valence-electron chi connectivity index (χ1n) is 5.89. The molecule has 11 heteroatoms. The van der Waals surface area contributed by atoms with E-state index in [9.17, 15) is 25.0 Å². The Morgan fingerprint density at radius 1 is 1.17 bits per heavy atom. The molecule has 1 aromatic heterocycles. The van der Waals surface area contributed by atoms with Gasteiger partial charge in [0.1, 0.15) is 5.76 Å². The molecule has 0 aliphatic heterocycles. The van der Waals surface area contributed by atoms with Gasteiger partial charge in [0, 0.05) is 12.1 Å². The van der Waals surface area contributed by atoms with Crippen LogP contribution in [0.3, 0.4) is 0 Å². The van der Waals surface area contributed by atoms with Crippen molar-refractivity contribution >= 4 is 35.1 Å². The number of non-ortho nitro benzene ring substituents is 2. The summed E-state index contributed by atoms with van der Waals surface area (Å²) in [6, 6.07) is 5.53. The van der Waals surface area contributed by atoms with Crippen molar-refractivity contribution < 1.29 is 19.1 Å². The lowest BCUT2D eigenvalue weighted by atomic mass is 10.1. The van der Waals surface area contributed by atoms with E-state index in [4.69, 9.17) is 16.0 Å². The standard InChI is InChI=1S/C12H7ClN4O6/c13-11-2-1-10(23-11)6-14-15-12(18)7-3-8(16(19)20)5-9(4-7)17(21)22/h1-6H,(H,15,18). The number of hydrogen-bond acceptors (Lipinski definition) is 7. The maximum Gasteiger partial charge on any atom is 0.277 e. The Balaban J connectivity index is 2.19. The highest BCUT2D eigenvalue weighted by Crippen LogP contribution is 2.22. The summed E-state index contributed by atoms with van der Waals surface area (Å²) in [5, 5.41) is 25.2. The number of carbonyl (C=O) groups is 1. The molecule has 23 heavy (non-hydrogen) atoms. The molecule has 1 amide bonds. The van der Waals surface area contributed by atoms with Crippen molar-refractivity contribution in [3.8, 4) is 0 Å². The van der Waals surface area contributed by atoms with Gasteiger partial charge >= 0.3 is 0 Å². The molecule has 1 aromatic carbocycles. The fourth-order valence-corrected chi connectivity index (χ4v) is 1.71. The molecule has 2 rings (SSSR count). The SMILES string of the molecule is O=C(NN=Cc1ccc(Cl)o1)c1cc([N+](=O)[O-])cc([N+](=O)[O-])c1. The molecule has 0 fully saturated rings. The van der Waals surface area contributed by atoms with E-state index in [0.29, 0.717) is 0 Å². The van der Waals surface area contributed by atoms with Crippen LogP contribution in [0.5, 0.6) is 0 Å². The van der Waals surface area contributed by atoms with E-state index in [0.717, 1.165) is 24.4 Å². The summed E-state index contributed by atoms with van der Waals surface area (Å²) < 4.78 is 4.96. The summed E-state index contributed by atoms with van der Waals surface area (Å²) in [6.45, 7) is 0. The van der Waals surface area contributed by atoms with Crippen LogP contribution in [0.1, 0.15) is 16.1 Å². The van der Waals surface area contributed by atoms with Crippen LogP contribution in [-0.4, -0.2) is 22.0 Å². The van der Waals surface area contributed by atoms with Crippen LogP contribution < -0.4 is 5.43 Å². The van der Waals surface area contributed by atoms with Gasteiger partial charge in [0.05, 0.1) is 27.7 Å². The molecule has 0 saturated carbocycles. The maximum atomic E-state index is 11.9. The molecule has 2 aromatic rings. The van der Waals surface area contributed by atoms with Gasteiger partial charge in [0.15, 0.2) is 5.22 Å². The second-order valence-corrected chi connectivity index (χ2v) is 4.47. The lowest BCUT2D eigenvalue weighted by Crippen LogP contribution is -2.18. The molecule has 1 heterocycles. The summed E-state index contributed by atoms with van der Waals surface area (Å²) in [5.41, 5.74) is 0.639. The molecule has 0 saturated heterocycles. The first-order valence-corrected chi connectivity index (χ1v) is 6.27. The van der Waals surface area contributed by atoms with Crippen molar-refractivity contribution in [1.29, 1.82) is 0 Å². The number of furan rings is 1. The molecule has 0 unspecified atom stereocenters. The second kappa shape index (κ2) is 6.66. The topological polar surface area (TPSA) is 141 Å². The van der Waals surface area contributed by atoms with Gasteiger partial charge < -0.3 is 4.42 Å².